The highest BCUT2D eigenvalue weighted by Crippen LogP contribution is 2.17. The van der Waals surface area contributed by atoms with Crippen molar-refractivity contribution in [1.82, 2.24) is 15.3 Å². The van der Waals surface area contributed by atoms with E-state index in [1.165, 1.54) is 11.1 Å². The van der Waals surface area contributed by atoms with Gasteiger partial charge >= 0.3 is 0 Å². The van der Waals surface area contributed by atoms with Crippen LogP contribution in [0.1, 0.15) is 0 Å². The summed E-state index contributed by atoms with van der Waals surface area (Å²) in [4.78, 5) is 28.5. The molecule has 0 aromatic heterocycles. The van der Waals surface area contributed by atoms with Crippen molar-refractivity contribution in [1.29, 1.82) is 0 Å². The maximum Gasteiger partial charge on any atom is 0.257 e. The second-order valence-electron chi connectivity index (χ2n) is 2.84. The Morgan fingerprint density at radius 3 is 3.07 bits per heavy atom. The Morgan fingerprint density at radius 2 is 2.36 bits per heavy atom. The van der Waals surface area contributed by atoms with Crippen LogP contribution in [-0.4, -0.2) is 46.8 Å². The number of hydrogen-bond donors (Lipinski definition) is 2. The molecule has 0 bridgehead atoms. The van der Waals surface area contributed by atoms with Crippen molar-refractivity contribution in [3.8, 4) is 0 Å². The molecular formula is C7H9N3O4. The first-order valence-electron chi connectivity index (χ1n) is 4.03. The molecule has 7 nitrogen and oxygen atoms in total. The third-order valence-electron chi connectivity index (χ3n) is 1.97. The molecule has 2 N–H and O–H groups in total. The monoisotopic (exact) mass is 199 g/mol. The van der Waals surface area contributed by atoms with E-state index in [1.54, 1.807) is 0 Å². The number of nitrogens with zero attached hydrogens (tertiary/aromatic N) is 2. The van der Waals surface area contributed by atoms with Crippen LogP contribution in [0.2, 0.25) is 0 Å². The Morgan fingerprint density at radius 1 is 1.57 bits per heavy atom. The summed E-state index contributed by atoms with van der Waals surface area (Å²) in [5.41, 5.74) is 0. The van der Waals surface area contributed by atoms with Gasteiger partial charge in [0.05, 0.1) is 0 Å². The fraction of sp³-hybridized carbons (Fsp3) is 0.429. The topological polar surface area (TPSA) is 82.1 Å². The quantitative estimate of drug-likeness (QED) is 0.507. The van der Waals surface area contributed by atoms with Gasteiger partial charge in [-0.15, -0.1) is 0 Å². The maximum absolute atomic E-state index is 11.3. The molecule has 2 heterocycles. The molecule has 0 radical (unpaired) electrons. The lowest BCUT2D eigenvalue weighted by molar-refractivity contribution is -0.215. The average molecular weight is 199 g/mol. The van der Waals surface area contributed by atoms with Gasteiger partial charge in [0.1, 0.15) is 13.3 Å². The van der Waals surface area contributed by atoms with E-state index in [4.69, 9.17) is 9.94 Å². The van der Waals surface area contributed by atoms with Gasteiger partial charge in [-0.25, -0.2) is 5.06 Å². The van der Waals surface area contributed by atoms with Crippen molar-refractivity contribution in [2.45, 2.75) is 0 Å². The van der Waals surface area contributed by atoms with Crippen molar-refractivity contribution in [3.05, 3.63) is 12.0 Å². The Hall–Kier alpha value is -1.60. The third kappa shape index (κ3) is 1.32. The van der Waals surface area contributed by atoms with Crippen LogP contribution in [0.25, 0.3) is 0 Å². The summed E-state index contributed by atoms with van der Waals surface area (Å²) in [5.74, 6) is -0.207. The van der Waals surface area contributed by atoms with Crippen molar-refractivity contribution in [2.24, 2.45) is 0 Å². The molecule has 0 aromatic carbocycles. The molecule has 0 aromatic rings. The second kappa shape index (κ2) is 3.28. The number of carbonyl (C=O) groups is 2. The molecule has 0 spiro atoms. The molecule has 76 valence electrons. The van der Waals surface area contributed by atoms with Gasteiger partial charge in [-0.3, -0.25) is 19.3 Å². The normalized spacial score (nSPS) is 21.6. The number of aliphatic hydroxyl groups excluding tert-OH is 1. The molecule has 0 aliphatic carbocycles. The van der Waals surface area contributed by atoms with E-state index in [2.05, 4.69) is 5.32 Å². The van der Waals surface area contributed by atoms with Crippen molar-refractivity contribution in [3.63, 3.8) is 0 Å². The lowest BCUT2D eigenvalue weighted by atomic mass is 10.3. The van der Waals surface area contributed by atoms with Crippen LogP contribution in [0.4, 0.5) is 0 Å². The largest absolute Gasteiger partial charge is 0.374 e. The van der Waals surface area contributed by atoms with Gasteiger partial charge in [0.2, 0.25) is 5.91 Å². The number of hydrogen-bond acceptors (Lipinski definition) is 5. The molecule has 0 saturated carbocycles. The standard InChI is InChI=1S/C7H9N3O4/c11-4-10-6-1-8-5(12)2-9(6)7(13)3-14-10/h1,11H,2-4H2,(H,8,12). The highest BCUT2D eigenvalue weighted by Gasteiger charge is 2.33. The number of hydroxylamine groups is 2. The van der Waals surface area contributed by atoms with Crippen molar-refractivity contribution < 1.29 is 19.5 Å². The predicted molar refractivity (Wildman–Crippen MR) is 42.8 cm³/mol. The molecule has 14 heavy (non-hydrogen) atoms. The zero-order valence-electron chi connectivity index (χ0n) is 7.27. The van der Waals surface area contributed by atoms with E-state index in [1.807, 2.05) is 0 Å². The minimum atomic E-state index is -0.370. The summed E-state index contributed by atoms with van der Waals surface area (Å²) in [6, 6.07) is 0. The van der Waals surface area contributed by atoms with Crippen LogP contribution in [0, 0.1) is 0 Å². The molecule has 0 unspecified atom stereocenters. The molecule has 0 atom stereocenters. The Kier molecular flexibility index (Phi) is 2.10. The van der Waals surface area contributed by atoms with Gasteiger partial charge in [0.25, 0.3) is 5.91 Å². The number of rotatable bonds is 1. The summed E-state index contributed by atoms with van der Waals surface area (Å²) in [6.45, 7) is -0.568. The number of amides is 2. The first-order chi connectivity index (χ1) is 6.72. The number of carbonyl (C=O) groups excluding carboxylic acids is 2. The number of fused-ring (bicyclic) bond motifs is 1. The fourth-order valence-electron chi connectivity index (χ4n) is 1.31. The molecule has 2 amide bonds. The maximum atomic E-state index is 11.3. The SMILES string of the molecule is O=C1CN2C(=O)CON(CO)C2=CN1. The Bertz CT molecular complexity index is 314. The van der Waals surface area contributed by atoms with Crippen LogP contribution < -0.4 is 5.32 Å². The first-order valence-corrected chi connectivity index (χ1v) is 4.03. The second-order valence-corrected chi connectivity index (χ2v) is 2.84. The summed E-state index contributed by atoms with van der Waals surface area (Å²) < 4.78 is 0. The van der Waals surface area contributed by atoms with Gasteiger partial charge in [0, 0.05) is 6.20 Å². The van der Waals surface area contributed by atoms with E-state index in [0.717, 1.165) is 5.06 Å². The molecule has 7 heteroatoms. The van der Waals surface area contributed by atoms with E-state index in [0.29, 0.717) is 5.82 Å². The zero-order valence-corrected chi connectivity index (χ0v) is 7.27. The van der Waals surface area contributed by atoms with Gasteiger partial charge in [-0.1, -0.05) is 0 Å². The predicted octanol–water partition coefficient (Wildman–Crippen LogP) is -2.06. The average Bonchev–Trinajstić information content (AvgIpc) is 2.19. The first kappa shape index (κ1) is 8.97. The summed E-state index contributed by atoms with van der Waals surface area (Å²) in [6.07, 6.45) is 1.33. The highest BCUT2D eigenvalue weighted by molar-refractivity contribution is 5.88. The van der Waals surface area contributed by atoms with Crippen LogP contribution in [-0.2, 0) is 14.4 Å². The summed E-state index contributed by atoms with van der Waals surface area (Å²) in [5, 5.41) is 12.5. The van der Waals surface area contributed by atoms with Crippen molar-refractivity contribution in [2.75, 3.05) is 19.9 Å². The van der Waals surface area contributed by atoms with E-state index >= 15 is 0 Å². The van der Waals surface area contributed by atoms with E-state index < -0.39 is 0 Å². The highest BCUT2D eigenvalue weighted by atomic mass is 16.7. The van der Waals surface area contributed by atoms with E-state index in [9.17, 15) is 9.59 Å². The van der Waals surface area contributed by atoms with Crippen LogP contribution >= 0.6 is 0 Å². The van der Waals surface area contributed by atoms with Gasteiger partial charge in [0.15, 0.2) is 12.4 Å². The van der Waals surface area contributed by atoms with Gasteiger partial charge < -0.3 is 10.4 Å². The minimum absolute atomic E-state index is 0.0372. The molecule has 2 aliphatic heterocycles. The summed E-state index contributed by atoms with van der Waals surface area (Å²) >= 11 is 0. The summed E-state index contributed by atoms with van der Waals surface area (Å²) in [7, 11) is 0. The van der Waals surface area contributed by atoms with Crippen LogP contribution in [0.5, 0.6) is 0 Å². The van der Waals surface area contributed by atoms with Crippen LogP contribution in [0.15, 0.2) is 12.0 Å². The Labute approximate surface area is 79.5 Å². The zero-order chi connectivity index (χ0) is 10.1. The van der Waals surface area contributed by atoms with Crippen molar-refractivity contribution >= 4 is 11.8 Å². The van der Waals surface area contributed by atoms with Crippen LogP contribution in [0.3, 0.4) is 0 Å². The fourth-order valence-corrected chi connectivity index (χ4v) is 1.31. The molecule has 1 saturated heterocycles. The smallest absolute Gasteiger partial charge is 0.257 e. The van der Waals surface area contributed by atoms with Gasteiger partial charge in [-0.2, -0.15) is 0 Å². The number of aliphatic hydroxyl groups is 1. The lowest BCUT2D eigenvalue weighted by Gasteiger charge is -2.38. The van der Waals surface area contributed by atoms with Gasteiger partial charge in [-0.05, 0) is 0 Å². The Balaban J connectivity index is 2.27. The molecular weight excluding hydrogens is 190 g/mol. The third-order valence-corrected chi connectivity index (χ3v) is 1.97. The molecule has 2 rings (SSSR count). The lowest BCUT2D eigenvalue weighted by Crippen LogP contribution is -2.53. The van der Waals surface area contributed by atoms with E-state index in [-0.39, 0.29) is 31.7 Å². The molecule has 2 aliphatic rings. The molecule has 1 fully saturated rings. The minimum Gasteiger partial charge on any atom is -0.374 e. The number of nitrogens with one attached hydrogen (secondary N) is 1.